The van der Waals surface area contributed by atoms with Crippen LogP contribution in [0.3, 0.4) is 0 Å². The van der Waals surface area contributed by atoms with E-state index in [-0.39, 0.29) is 22.6 Å². The summed E-state index contributed by atoms with van der Waals surface area (Å²) in [6.45, 7) is 0.822. The second-order valence-corrected chi connectivity index (χ2v) is 8.32. The Labute approximate surface area is 195 Å². The van der Waals surface area contributed by atoms with E-state index in [9.17, 15) is 18.0 Å². The Bertz CT molecular complexity index is 1330. The molecule has 0 N–H and O–H groups in total. The van der Waals surface area contributed by atoms with Gasteiger partial charge in [-0.15, -0.1) is 0 Å². The molecule has 1 unspecified atom stereocenters. The Morgan fingerprint density at radius 2 is 1.74 bits per heavy atom. The molecule has 0 radical (unpaired) electrons. The number of hydrogen-bond acceptors (Lipinski definition) is 4. The van der Waals surface area contributed by atoms with Gasteiger partial charge < -0.3 is 14.1 Å². The van der Waals surface area contributed by atoms with Crippen LogP contribution < -0.4 is 10.2 Å². The summed E-state index contributed by atoms with van der Waals surface area (Å²) < 4.78 is 51.2. The van der Waals surface area contributed by atoms with E-state index in [0.29, 0.717) is 11.3 Å². The van der Waals surface area contributed by atoms with Gasteiger partial charge in [-0.3, -0.25) is 4.79 Å². The van der Waals surface area contributed by atoms with Gasteiger partial charge in [-0.1, -0.05) is 42.5 Å². The first-order valence-corrected chi connectivity index (χ1v) is 10.8. The lowest BCUT2D eigenvalue weighted by atomic mass is 10.0. The molecule has 0 bridgehead atoms. The summed E-state index contributed by atoms with van der Waals surface area (Å²) in [6, 6.07) is 19.4. The third kappa shape index (κ3) is 5.31. The van der Waals surface area contributed by atoms with Crippen molar-refractivity contribution in [2.45, 2.75) is 18.7 Å². The van der Waals surface area contributed by atoms with Crippen molar-refractivity contribution in [2.75, 3.05) is 20.6 Å². The van der Waals surface area contributed by atoms with Crippen LogP contribution in [0.25, 0.3) is 22.1 Å². The molecule has 0 amide bonds. The molecular formula is C27H24F3NO3. The summed E-state index contributed by atoms with van der Waals surface area (Å²) in [6.07, 6.45) is -2.74. The van der Waals surface area contributed by atoms with Crippen molar-refractivity contribution in [1.29, 1.82) is 0 Å². The third-order valence-electron chi connectivity index (χ3n) is 5.54. The summed E-state index contributed by atoms with van der Waals surface area (Å²) in [4.78, 5) is 15.1. The van der Waals surface area contributed by atoms with Gasteiger partial charge in [-0.05, 0) is 49.5 Å². The lowest BCUT2D eigenvalue weighted by Crippen LogP contribution is -2.18. The number of ether oxygens (including phenoxy) is 1. The smallest absolute Gasteiger partial charge is 0.416 e. The van der Waals surface area contributed by atoms with Gasteiger partial charge in [0.25, 0.3) is 0 Å². The van der Waals surface area contributed by atoms with E-state index in [1.165, 1.54) is 18.4 Å². The van der Waals surface area contributed by atoms with Crippen molar-refractivity contribution in [1.82, 2.24) is 4.90 Å². The molecule has 3 aromatic carbocycles. The molecule has 0 saturated carbocycles. The fourth-order valence-electron chi connectivity index (χ4n) is 3.75. The predicted octanol–water partition coefficient (Wildman–Crippen LogP) is 6.55. The average molecular weight is 467 g/mol. The molecular weight excluding hydrogens is 443 g/mol. The zero-order chi connectivity index (χ0) is 24.3. The van der Waals surface area contributed by atoms with Gasteiger partial charge >= 0.3 is 6.18 Å². The highest BCUT2D eigenvalue weighted by molar-refractivity contribution is 5.82. The van der Waals surface area contributed by atoms with Gasteiger partial charge in [0.1, 0.15) is 23.7 Å². The topological polar surface area (TPSA) is 42.7 Å². The number of hydrogen-bond donors (Lipinski definition) is 0. The van der Waals surface area contributed by atoms with Gasteiger partial charge in [0.15, 0.2) is 5.43 Å². The van der Waals surface area contributed by atoms with Gasteiger partial charge in [0, 0.05) is 19.0 Å². The maximum Gasteiger partial charge on any atom is 0.416 e. The lowest BCUT2D eigenvalue weighted by molar-refractivity contribution is -0.137. The second kappa shape index (κ2) is 9.73. The summed E-state index contributed by atoms with van der Waals surface area (Å²) >= 11 is 0. The minimum absolute atomic E-state index is 0.0698. The molecule has 1 heterocycles. The molecule has 4 rings (SSSR count). The highest BCUT2D eigenvalue weighted by Crippen LogP contribution is 2.32. The first-order valence-electron chi connectivity index (χ1n) is 10.8. The minimum Gasteiger partial charge on any atom is -0.486 e. The molecule has 176 valence electrons. The quantitative estimate of drug-likeness (QED) is 0.309. The van der Waals surface area contributed by atoms with Crippen LogP contribution in [0.4, 0.5) is 13.2 Å². The third-order valence-corrected chi connectivity index (χ3v) is 5.54. The normalized spacial score (nSPS) is 12.8. The molecule has 1 atom stereocenters. The zero-order valence-electron chi connectivity index (χ0n) is 18.8. The number of fused-ring (bicyclic) bond motifs is 1. The van der Waals surface area contributed by atoms with E-state index in [4.69, 9.17) is 9.15 Å². The molecule has 0 aliphatic heterocycles. The van der Waals surface area contributed by atoms with Crippen molar-refractivity contribution in [3.8, 4) is 16.9 Å². The molecule has 0 spiro atoms. The molecule has 1 aromatic heterocycles. The minimum atomic E-state index is -4.50. The molecule has 0 fully saturated rings. The van der Waals surface area contributed by atoms with E-state index < -0.39 is 17.2 Å². The standard InChI is InChI=1S/C27H24F3NO3/c1-31(2)14-13-24(18-7-4-3-5-8-18)34-21-11-12-22-25(16-21)33-17-23(26(22)32)19-9-6-10-20(15-19)27(28,29)30/h3-12,15-17,24H,13-14H2,1-2H3. The summed E-state index contributed by atoms with van der Waals surface area (Å²) in [5.41, 5.74) is 0.333. The predicted molar refractivity (Wildman–Crippen MR) is 126 cm³/mol. The van der Waals surface area contributed by atoms with Crippen molar-refractivity contribution >= 4 is 11.0 Å². The Kier molecular flexibility index (Phi) is 6.75. The van der Waals surface area contributed by atoms with Crippen LogP contribution in [0.5, 0.6) is 5.75 Å². The van der Waals surface area contributed by atoms with E-state index >= 15 is 0 Å². The van der Waals surface area contributed by atoms with Gasteiger partial charge in [0.05, 0.1) is 16.5 Å². The number of alkyl halides is 3. The molecule has 34 heavy (non-hydrogen) atoms. The first-order chi connectivity index (χ1) is 16.2. The number of halogens is 3. The monoisotopic (exact) mass is 467 g/mol. The number of benzene rings is 3. The van der Waals surface area contributed by atoms with E-state index in [0.717, 1.165) is 30.7 Å². The van der Waals surface area contributed by atoms with Crippen LogP contribution >= 0.6 is 0 Å². The zero-order valence-corrected chi connectivity index (χ0v) is 18.8. The first kappa shape index (κ1) is 23.6. The maximum absolute atomic E-state index is 13.1. The molecule has 0 aliphatic carbocycles. The van der Waals surface area contributed by atoms with Crippen LogP contribution in [0, 0.1) is 0 Å². The van der Waals surface area contributed by atoms with Crippen molar-refractivity contribution in [2.24, 2.45) is 0 Å². The Hall–Kier alpha value is -3.58. The van der Waals surface area contributed by atoms with E-state index in [1.54, 1.807) is 18.2 Å². The van der Waals surface area contributed by atoms with Crippen molar-refractivity contribution in [3.63, 3.8) is 0 Å². The summed E-state index contributed by atoms with van der Waals surface area (Å²) in [7, 11) is 3.99. The highest BCUT2D eigenvalue weighted by Gasteiger charge is 2.30. The van der Waals surface area contributed by atoms with E-state index in [2.05, 4.69) is 4.90 Å². The maximum atomic E-state index is 13.1. The molecule has 4 aromatic rings. The van der Waals surface area contributed by atoms with Crippen LogP contribution in [0.2, 0.25) is 0 Å². The van der Waals surface area contributed by atoms with Gasteiger partial charge in [-0.25, -0.2) is 0 Å². The second-order valence-electron chi connectivity index (χ2n) is 8.32. The van der Waals surface area contributed by atoms with Crippen LogP contribution in [-0.4, -0.2) is 25.5 Å². The van der Waals surface area contributed by atoms with Crippen molar-refractivity contribution in [3.05, 3.63) is 100 Å². The van der Waals surface area contributed by atoms with Gasteiger partial charge in [-0.2, -0.15) is 13.2 Å². The van der Waals surface area contributed by atoms with Crippen LogP contribution in [0.15, 0.2) is 88.3 Å². The largest absolute Gasteiger partial charge is 0.486 e. The van der Waals surface area contributed by atoms with Crippen molar-refractivity contribution < 1.29 is 22.3 Å². The molecule has 4 nitrogen and oxygen atoms in total. The fourth-order valence-corrected chi connectivity index (χ4v) is 3.75. The summed E-state index contributed by atoms with van der Waals surface area (Å²) in [5.74, 6) is 0.537. The molecule has 0 saturated heterocycles. The van der Waals surface area contributed by atoms with E-state index in [1.807, 2.05) is 44.4 Å². The Morgan fingerprint density at radius 1 is 0.971 bits per heavy atom. The summed E-state index contributed by atoms with van der Waals surface area (Å²) in [5, 5.41) is 0.270. The Balaban J connectivity index is 1.66. The van der Waals surface area contributed by atoms with Crippen LogP contribution in [-0.2, 0) is 6.18 Å². The number of nitrogens with zero attached hydrogens (tertiary/aromatic N) is 1. The Morgan fingerprint density at radius 3 is 2.44 bits per heavy atom. The van der Waals surface area contributed by atoms with Crippen LogP contribution in [0.1, 0.15) is 23.7 Å². The lowest BCUT2D eigenvalue weighted by Gasteiger charge is -2.21. The van der Waals surface area contributed by atoms with Gasteiger partial charge in [0.2, 0.25) is 0 Å². The highest BCUT2D eigenvalue weighted by atomic mass is 19.4. The molecule has 0 aliphatic rings. The molecule has 7 heteroatoms. The number of rotatable bonds is 7. The SMILES string of the molecule is CN(C)CCC(Oc1ccc2c(=O)c(-c3cccc(C(F)(F)F)c3)coc2c1)c1ccccc1. The fraction of sp³-hybridized carbons (Fsp3) is 0.222. The average Bonchev–Trinajstić information content (AvgIpc) is 2.82.